The van der Waals surface area contributed by atoms with Crippen LogP contribution in [0.15, 0.2) is 18.2 Å². The van der Waals surface area contributed by atoms with Crippen molar-refractivity contribution in [1.82, 2.24) is 4.90 Å². The van der Waals surface area contributed by atoms with Gasteiger partial charge in [-0.15, -0.1) is 0 Å². The van der Waals surface area contributed by atoms with Crippen LogP contribution in [0.25, 0.3) is 0 Å². The Morgan fingerprint density at radius 1 is 1.21 bits per heavy atom. The molecular weight excluding hydrogens is 308 g/mol. The van der Waals surface area contributed by atoms with E-state index < -0.39 is 11.7 Å². The predicted octanol–water partition coefficient (Wildman–Crippen LogP) is 4.11. The molecule has 0 heterocycles. The van der Waals surface area contributed by atoms with Crippen LogP contribution in [0.2, 0.25) is 0 Å². The van der Waals surface area contributed by atoms with Crippen molar-refractivity contribution in [3.8, 4) is 11.5 Å². The van der Waals surface area contributed by atoms with Crippen LogP contribution in [-0.4, -0.2) is 43.0 Å². The highest BCUT2D eigenvalue weighted by Gasteiger charge is 2.18. The number of methoxy groups -OCH3 is 1. The van der Waals surface area contributed by atoms with E-state index in [1.54, 1.807) is 25.3 Å². The van der Waals surface area contributed by atoms with Crippen LogP contribution in [-0.2, 0) is 4.74 Å². The Balaban J connectivity index is 2.83. The fraction of sp³-hybridized carbons (Fsp3) is 0.611. The van der Waals surface area contributed by atoms with E-state index in [-0.39, 0.29) is 6.23 Å². The number of anilines is 1. The Kier molecular flexibility index (Phi) is 7.35. The van der Waals surface area contributed by atoms with Gasteiger partial charge in [-0.3, -0.25) is 10.2 Å². The van der Waals surface area contributed by atoms with E-state index >= 15 is 0 Å². The van der Waals surface area contributed by atoms with Gasteiger partial charge in [0.15, 0.2) is 11.5 Å². The Labute approximate surface area is 145 Å². The second-order valence-corrected chi connectivity index (χ2v) is 6.43. The number of carbonyl (C=O) groups is 1. The molecule has 0 spiro atoms. The SMILES string of the molecule is CCN(CC)C(C)Oc1ccc(NC(=O)OC(C)(C)C)cc1OC. The average Bonchev–Trinajstić information content (AvgIpc) is 2.48. The number of hydrogen-bond acceptors (Lipinski definition) is 5. The predicted molar refractivity (Wildman–Crippen MR) is 95.9 cm³/mol. The fourth-order valence-electron chi connectivity index (χ4n) is 2.26. The van der Waals surface area contributed by atoms with Gasteiger partial charge in [0.2, 0.25) is 0 Å². The molecule has 136 valence electrons. The number of nitrogens with zero attached hydrogens (tertiary/aromatic N) is 1. The van der Waals surface area contributed by atoms with E-state index in [4.69, 9.17) is 14.2 Å². The summed E-state index contributed by atoms with van der Waals surface area (Å²) in [4.78, 5) is 14.0. The minimum absolute atomic E-state index is 0.0708. The summed E-state index contributed by atoms with van der Waals surface area (Å²) in [6.07, 6.45) is -0.576. The quantitative estimate of drug-likeness (QED) is 0.758. The maximum absolute atomic E-state index is 11.8. The van der Waals surface area contributed by atoms with Gasteiger partial charge in [-0.25, -0.2) is 4.79 Å². The first kappa shape index (κ1) is 20.1. The summed E-state index contributed by atoms with van der Waals surface area (Å²) in [6, 6.07) is 5.26. The third-order valence-electron chi connectivity index (χ3n) is 3.43. The molecule has 0 saturated heterocycles. The summed E-state index contributed by atoms with van der Waals surface area (Å²) in [5.74, 6) is 1.19. The summed E-state index contributed by atoms with van der Waals surface area (Å²) in [5.41, 5.74) is 0.0418. The van der Waals surface area contributed by atoms with Crippen molar-refractivity contribution >= 4 is 11.8 Å². The van der Waals surface area contributed by atoms with Crippen molar-refractivity contribution in [3.05, 3.63) is 18.2 Å². The van der Waals surface area contributed by atoms with E-state index in [0.29, 0.717) is 17.2 Å². The van der Waals surface area contributed by atoms with Gasteiger partial charge in [0.1, 0.15) is 11.8 Å². The number of ether oxygens (including phenoxy) is 3. The fourth-order valence-corrected chi connectivity index (χ4v) is 2.26. The van der Waals surface area contributed by atoms with E-state index in [0.717, 1.165) is 13.1 Å². The lowest BCUT2D eigenvalue weighted by Gasteiger charge is -2.27. The van der Waals surface area contributed by atoms with Crippen LogP contribution >= 0.6 is 0 Å². The first-order valence-electron chi connectivity index (χ1n) is 8.28. The monoisotopic (exact) mass is 338 g/mol. The third kappa shape index (κ3) is 6.28. The highest BCUT2D eigenvalue weighted by Crippen LogP contribution is 2.31. The molecule has 0 radical (unpaired) electrons. The van der Waals surface area contributed by atoms with Crippen molar-refractivity contribution in [2.75, 3.05) is 25.5 Å². The molecule has 6 nitrogen and oxygen atoms in total. The second-order valence-electron chi connectivity index (χ2n) is 6.43. The first-order valence-corrected chi connectivity index (χ1v) is 8.28. The lowest BCUT2D eigenvalue weighted by molar-refractivity contribution is 0.0458. The maximum atomic E-state index is 11.8. The molecule has 0 aromatic heterocycles. The van der Waals surface area contributed by atoms with E-state index in [1.807, 2.05) is 27.7 Å². The molecule has 1 rings (SSSR count). The smallest absolute Gasteiger partial charge is 0.412 e. The molecular formula is C18H30N2O4. The van der Waals surface area contributed by atoms with Crippen molar-refractivity contribution in [1.29, 1.82) is 0 Å². The number of rotatable bonds is 7. The maximum Gasteiger partial charge on any atom is 0.412 e. The van der Waals surface area contributed by atoms with Gasteiger partial charge in [0.25, 0.3) is 0 Å². The number of nitrogens with one attached hydrogen (secondary N) is 1. The minimum atomic E-state index is -0.545. The van der Waals surface area contributed by atoms with Crippen LogP contribution in [0.3, 0.4) is 0 Å². The molecule has 0 fully saturated rings. The molecule has 1 aromatic carbocycles. The summed E-state index contributed by atoms with van der Waals surface area (Å²) in [6.45, 7) is 13.4. The zero-order valence-corrected chi connectivity index (χ0v) is 15.8. The van der Waals surface area contributed by atoms with Gasteiger partial charge in [0.05, 0.1) is 7.11 Å². The highest BCUT2D eigenvalue weighted by atomic mass is 16.6. The molecule has 0 aliphatic rings. The van der Waals surface area contributed by atoms with Crippen LogP contribution in [0.5, 0.6) is 11.5 Å². The second kappa shape index (κ2) is 8.78. The molecule has 0 aliphatic carbocycles. The van der Waals surface area contributed by atoms with Crippen LogP contribution in [0, 0.1) is 0 Å². The zero-order valence-electron chi connectivity index (χ0n) is 15.8. The average molecular weight is 338 g/mol. The molecule has 0 aliphatic heterocycles. The van der Waals surface area contributed by atoms with Crippen molar-refractivity contribution in [3.63, 3.8) is 0 Å². The third-order valence-corrected chi connectivity index (χ3v) is 3.43. The topological polar surface area (TPSA) is 60.0 Å². The number of hydrogen-bond donors (Lipinski definition) is 1. The number of benzene rings is 1. The van der Waals surface area contributed by atoms with Crippen molar-refractivity contribution in [2.24, 2.45) is 0 Å². The Morgan fingerprint density at radius 3 is 2.33 bits per heavy atom. The summed E-state index contributed by atoms with van der Waals surface area (Å²) in [5, 5.41) is 2.69. The van der Waals surface area contributed by atoms with E-state index in [9.17, 15) is 4.79 Å². The lowest BCUT2D eigenvalue weighted by atomic mass is 10.2. The first-order chi connectivity index (χ1) is 11.2. The van der Waals surface area contributed by atoms with Gasteiger partial charge in [-0.1, -0.05) is 13.8 Å². The Morgan fingerprint density at radius 2 is 1.83 bits per heavy atom. The summed E-state index contributed by atoms with van der Waals surface area (Å²) < 4.78 is 16.6. The lowest BCUT2D eigenvalue weighted by Crippen LogP contribution is -2.36. The van der Waals surface area contributed by atoms with Gasteiger partial charge in [0, 0.05) is 11.8 Å². The van der Waals surface area contributed by atoms with Crippen LogP contribution in [0.4, 0.5) is 10.5 Å². The molecule has 0 saturated carbocycles. The molecule has 1 amide bonds. The van der Waals surface area contributed by atoms with E-state index in [1.165, 1.54) is 0 Å². The van der Waals surface area contributed by atoms with Crippen LogP contribution < -0.4 is 14.8 Å². The van der Waals surface area contributed by atoms with Gasteiger partial charge < -0.3 is 14.2 Å². The minimum Gasteiger partial charge on any atom is -0.493 e. The van der Waals surface area contributed by atoms with Crippen molar-refractivity contribution < 1.29 is 19.0 Å². The molecule has 1 unspecified atom stereocenters. The zero-order chi connectivity index (χ0) is 18.3. The van der Waals surface area contributed by atoms with Gasteiger partial charge in [-0.05, 0) is 52.9 Å². The number of carbonyl (C=O) groups excluding carboxylic acids is 1. The highest BCUT2D eigenvalue weighted by molar-refractivity contribution is 5.85. The molecule has 1 atom stereocenters. The molecule has 1 aromatic rings. The molecule has 24 heavy (non-hydrogen) atoms. The normalized spacial score (nSPS) is 12.7. The Hall–Kier alpha value is -1.95. The molecule has 6 heteroatoms. The van der Waals surface area contributed by atoms with Gasteiger partial charge in [-0.2, -0.15) is 0 Å². The number of amides is 1. The Bertz CT molecular complexity index is 536. The standard InChI is InChI=1S/C18H30N2O4/c1-8-20(9-2)13(3)23-15-11-10-14(12-16(15)22-7)19-17(21)24-18(4,5)6/h10-13H,8-9H2,1-7H3,(H,19,21). The summed E-state index contributed by atoms with van der Waals surface area (Å²) in [7, 11) is 1.57. The molecule has 0 bridgehead atoms. The van der Waals surface area contributed by atoms with Crippen LogP contribution in [0.1, 0.15) is 41.5 Å². The largest absolute Gasteiger partial charge is 0.493 e. The molecule has 1 N–H and O–H groups in total. The summed E-state index contributed by atoms with van der Waals surface area (Å²) >= 11 is 0. The van der Waals surface area contributed by atoms with Crippen molar-refractivity contribution in [2.45, 2.75) is 53.4 Å². The van der Waals surface area contributed by atoms with Gasteiger partial charge >= 0.3 is 6.09 Å². The van der Waals surface area contributed by atoms with E-state index in [2.05, 4.69) is 24.1 Å².